The molecule has 1 fully saturated rings. The fourth-order valence-corrected chi connectivity index (χ4v) is 7.29. The van der Waals surface area contributed by atoms with Crippen LogP contribution in [-0.4, -0.2) is 125 Å². The van der Waals surface area contributed by atoms with Crippen LogP contribution in [-0.2, 0) is 49.6 Å². The Morgan fingerprint density at radius 3 is 1.88 bits per heavy atom. The zero-order valence-electron chi connectivity index (χ0n) is 42.9. The maximum Gasteiger partial charge on any atom is 0.490 e. The van der Waals surface area contributed by atoms with Gasteiger partial charge < -0.3 is 47.1 Å². The van der Waals surface area contributed by atoms with E-state index in [0.717, 1.165) is 12.8 Å². The molecule has 20 nitrogen and oxygen atoms in total. The first-order valence-electron chi connectivity index (χ1n) is 24.3. The Bertz CT molecular complexity index is 1960. The zero-order chi connectivity index (χ0) is 54.8. The highest BCUT2D eigenvalue weighted by molar-refractivity contribution is 5.96. The van der Waals surface area contributed by atoms with Crippen molar-refractivity contribution in [3.05, 3.63) is 42.5 Å². The van der Waals surface area contributed by atoms with Crippen LogP contribution in [0.1, 0.15) is 132 Å². The van der Waals surface area contributed by atoms with E-state index in [1.54, 1.807) is 30.3 Å². The molecule has 1 saturated heterocycles. The molecule has 23 heteroatoms. The first-order valence-corrected chi connectivity index (χ1v) is 24.3. The number of nitrogens with one attached hydrogen (secondary N) is 7. The minimum absolute atomic E-state index is 0.000297. The Morgan fingerprint density at radius 1 is 0.778 bits per heavy atom. The molecule has 0 aliphatic carbocycles. The number of likely N-dealkylation sites (tertiary alicyclic amines) is 1. The number of hydrogen-bond acceptors (Lipinski definition) is 11. The molecule has 5 atom stereocenters. The summed E-state index contributed by atoms with van der Waals surface area (Å²) in [6, 6.07) is 1.93. The van der Waals surface area contributed by atoms with Gasteiger partial charge >= 0.3 is 12.1 Å². The van der Waals surface area contributed by atoms with Crippen molar-refractivity contribution in [2.45, 2.75) is 174 Å². The van der Waals surface area contributed by atoms with Crippen molar-refractivity contribution in [1.29, 1.82) is 0 Å². The highest BCUT2D eigenvalue weighted by atomic mass is 19.4. The van der Waals surface area contributed by atoms with Crippen LogP contribution >= 0.6 is 0 Å². The van der Waals surface area contributed by atoms with Crippen LogP contribution in [0.4, 0.5) is 13.2 Å². The maximum absolute atomic E-state index is 14.2. The molecule has 1 aliphatic rings. The van der Waals surface area contributed by atoms with Crippen LogP contribution in [0, 0.1) is 11.8 Å². The summed E-state index contributed by atoms with van der Waals surface area (Å²) in [4.78, 5) is 117. The number of nitrogens with two attached hydrogens (primary N) is 1. The Hall–Kier alpha value is -6.26. The number of ether oxygens (including phenoxy) is 1. The molecule has 10 N–H and O–H groups in total. The van der Waals surface area contributed by atoms with E-state index >= 15 is 0 Å². The Kier molecular flexibility index (Phi) is 28.3. The van der Waals surface area contributed by atoms with Gasteiger partial charge in [0.15, 0.2) is 0 Å². The van der Waals surface area contributed by atoms with E-state index in [-0.39, 0.29) is 55.8 Å². The molecule has 8 amide bonds. The predicted molar refractivity (Wildman–Crippen MR) is 262 cm³/mol. The number of allylic oxidation sites excluding steroid dienone is 1. The normalized spacial score (nSPS) is 15.1. The zero-order valence-corrected chi connectivity index (χ0v) is 42.9. The average Bonchev–Trinajstić information content (AvgIpc) is 3.79. The van der Waals surface area contributed by atoms with Crippen molar-refractivity contribution < 1.29 is 66.2 Å². The number of carboxylic acids is 1. The summed E-state index contributed by atoms with van der Waals surface area (Å²) in [6.45, 7) is 18.9. The van der Waals surface area contributed by atoms with Gasteiger partial charge in [-0.25, -0.2) is 4.79 Å². The first kappa shape index (κ1) is 63.8. The molecule has 0 spiro atoms. The van der Waals surface area contributed by atoms with Crippen LogP contribution in [0.25, 0.3) is 0 Å². The molecule has 0 aromatic heterocycles. The van der Waals surface area contributed by atoms with Gasteiger partial charge in [-0.3, -0.25) is 49.2 Å². The van der Waals surface area contributed by atoms with E-state index in [2.05, 4.69) is 44.0 Å². The molecule has 1 aromatic carbocycles. The Balaban J connectivity index is 0.00000343. The van der Waals surface area contributed by atoms with Gasteiger partial charge in [-0.1, -0.05) is 52.3 Å². The number of carbonyl (C=O) groups is 9. The minimum atomic E-state index is -5.08. The number of hydrazine groups is 1. The fourth-order valence-electron chi connectivity index (χ4n) is 7.29. The molecule has 1 heterocycles. The highest BCUT2D eigenvalue weighted by Gasteiger charge is 2.38. The molecule has 0 radical (unpaired) electrons. The van der Waals surface area contributed by atoms with Crippen LogP contribution in [0.2, 0.25) is 0 Å². The fraction of sp³-hybridized carbons (Fsp3) is 0.653. The van der Waals surface area contributed by atoms with Crippen molar-refractivity contribution in [3.63, 3.8) is 0 Å². The summed E-state index contributed by atoms with van der Waals surface area (Å²) in [6.07, 6.45) is 1.70. The lowest BCUT2D eigenvalue weighted by Gasteiger charge is -2.27. The molecule has 72 heavy (non-hydrogen) atoms. The van der Waals surface area contributed by atoms with Crippen molar-refractivity contribution in [1.82, 2.24) is 42.3 Å². The lowest BCUT2D eigenvalue weighted by Crippen LogP contribution is -2.59. The summed E-state index contributed by atoms with van der Waals surface area (Å²) < 4.78 is 37.7. The van der Waals surface area contributed by atoms with E-state index in [9.17, 15) is 51.5 Å². The molecule has 0 saturated carbocycles. The van der Waals surface area contributed by atoms with Crippen molar-refractivity contribution in [3.8, 4) is 5.75 Å². The van der Waals surface area contributed by atoms with Crippen molar-refractivity contribution in [2.24, 2.45) is 17.6 Å². The van der Waals surface area contributed by atoms with Crippen LogP contribution in [0.15, 0.2) is 36.9 Å². The quantitative estimate of drug-likeness (QED) is 0.0349. The third kappa shape index (κ3) is 26.3. The minimum Gasteiger partial charge on any atom is -0.488 e. The average molecular weight is 1030 g/mol. The van der Waals surface area contributed by atoms with Gasteiger partial charge in [0.1, 0.15) is 41.6 Å². The second kappa shape index (κ2) is 31.9. The molecule has 1 aromatic rings. The van der Waals surface area contributed by atoms with E-state index < -0.39 is 89.9 Å². The number of benzene rings is 1. The Labute approximate surface area is 420 Å². The monoisotopic (exact) mass is 1030 g/mol. The van der Waals surface area contributed by atoms with Crippen LogP contribution in [0.5, 0.6) is 5.75 Å². The lowest BCUT2D eigenvalue weighted by molar-refractivity contribution is -0.192. The Morgan fingerprint density at radius 2 is 1.35 bits per heavy atom. The number of carboxylic acid groups (broad SMARTS) is 1. The second-order valence-corrected chi connectivity index (χ2v) is 19.4. The smallest absolute Gasteiger partial charge is 0.488 e. The molecule has 2 rings (SSSR count). The summed E-state index contributed by atoms with van der Waals surface area (Å²) in [5.74, 6) is -6.53. The number of amides is 8. The third-order valence-corrected chi connectivity index (χ3v) is 10.7. The van der Waals surface area contributed by atoms with E-state index in [1.165, 1.54) is 11.8 Å². The van der Waals surface area contributed by atoms with E-state index in [0.29, 0.717) is 56.5 Å². The van der Waals surface area contributed by atoms with Gasteiger partial charge in [-0.05, 0) is 115 Å². The van der Waals surface area contributed by atoms with Gasteiger partial charge in [0.05, 0.1) is 6.54 Å². The molecular formula is C49H78F3N9O11. The molecule has 1 aliphatic heterocycles. The second-order valence-electron chi connectivity index (χ2n) is 19.4. The standard InChI is InChI=1S/C47H77N9O9.C2HF3O2/c1-10-11-13-17-35(50-41(59)29-49-42(60)36(26-30(2)3)53-46(64)39-18-16-25-56(39)32(6)57)43(61)52-38(28-33-20-22-34(23-21-33)65-47(7,8)9)44(62)51-37(27-31(4)5)45(63)55-54-40(58)19-14-12-15-24-48;3-2(4,5)1(6)7/h10,20-23,30-31,35-39H,1,11-19,24-29,48H2,2-9H3,(H,49,60)(H,50,59)(H,51,62)(H,52,61)(H,53,64)(H,54,58)(H,55,63);(H,6,7)/t35-,36-,37-,38-,39-;/m0./s1. The SMILES string of the molecule is C=CCCC[C@H](NC(=O)CNC(=O)[C@H](CC(C)C)NC(=O)[C@@H]1CCCN1C(C)=O)C(=O)N[C@@H](Cc1ccc(OC(C)(C)C)cc1)C(=O)N[C@@H](CC(C)C)C(=O)NNC(=O)CCCCCN.O=C(O)C(F)(F)F. The van der Waals surface area contributed by atoms with Crippen molar-refractivity contribution in [2.75, 3.05) is 19.6 Å². The third-order valence-electron chi connectivity index (χ3n) is 10.7. The summed E-state index contributed by atoms with van der Waals surface area (Å²) in [5.41, 5.74) is 10.6. The van der Waals surface area contributed by atoms with Gasteiger partial charge in [-0.2, -0.15) is 13.2 Å². The number of alkyl halides is 3. The number of rotatable bonds is 27. The van der Waals surface area contributed by atoms with E-state index in [4.69, 9.17) is 20.4 Å². The predicted octanol–water partition coefficient (Wildman–Crippen LogP) is 3.22. The summed E-state index contributed by atoms with van der Waals surface area (Å²) >= 11 is 0. The van der Waals surface area contributed by atoms with E-state index in [1.807, 2.05) is 48.5 Å². The van der Waals surface area contributed by atoms with Gasteiger partial charge in [0.25, 0.3) is 5.91 Å². The molecule has 0 unspecified atom stereocenters. The number of carbonyl (C=O) groups excluding carboxylic acids is 8. The van der Waals surface area contributed by atoms with Crippen molar-refractivity contribution >= 4 is 53.2 Å². The number of nitrogens with zero attached hydrogens (tertiary/aromatic N) is 1. The number of halogens is 3. The van der Waals surface area contributed by atoms with Crippen LogP contribution < -0.4 is 47.9 Å². The number of hydrogen-bond donors (Lipinski definition) is 9. The topological polar surface area (TPSA) is 297 Å². The largest absolute Gasteiger partial charge is 0.490 e. The first-order chi connectivity index (χ1) is 33.6. The lowest BCUT2D eigenvalue weighted by atomic mass is 10.0. The van der Waals surface area contributed by atoms with Gasteiger partial charge in [0.2, 0.25) is 41.4 Å². The number of aliphatic carboxylic acids is 1. The molecule has 406 valence electrons. The number of unbranched alkanes of at least 4 members (excludes halogenated alkanes) is 3. The van der Waals surface area contributed by atoms with Gasteiger partial charge in [0, 0.05) is 26.3 Å². The highest BCUT2D eigenvalue weighted by Crippen LogP contribution is 2.21. The molecule has 0 bridgehead atoms. The van der Waals surface area contributed by atoms with Gasteiger partial charge in [-0.15, -0.1) is 6.58 Å². The molecular weight excluding hydrogens is 948 g/mol. The summed E-state index contributed by atoms with van der Waals surface area (Å²) in [5, 5.41) is 20.7. The van der Waals surface area contributed by atoms with Crippen LogP contribution in [0.3, 0.4) is 0 Å². The summed E-state index contributed by atoms with van der Waals surface area (Å²) in [7, 11) is 0. The maximum atomic E-state index is 14.2.